The van der Waals surface area contributed by atoms with E-state index in [0.717, 1.165) is 18.5 Å². The van der Waals surface area contributed by atoms with Crippen molar-refractivity contribution in [1.82, 2.24) is 10.3 Å². The zero-order valence-corrected chi connectivity index (χ0v) is 10.2. The van der Waals surface area contributed by atoms with Crippen LogP contribution in [0.25, 0.3) is 0 Å². The number of amides is 1. The van der Waals surface area contributed by atoms with E-state index in [0.29, 0.717) is 13.1 Å². The molecule has 1 aliphatic heterocycles. The molecule has 98 valence electrons. The number of hydrogen-bond acceptors (Lipinski definition) is 4. The summed E-state index contributed by atoms with van der Waals surface area (Å²) in [6.45, 7) is 2.04. The Labute approximate surface area is 107 Å². The van der Waals surface area contributed by atoms with E-state index >= 15 is 0 Å². The van der Waals surface area contributed by atoms with Crippen LogP contribution in [0, 0.1) is 0 Å². The molecule has 5 heteroatoms. The van der Waals surface area contributed by atoms with Crippen LogP contribution in [0.15, 0.2) is 30.3 Å². The molecule has 1 aliphatic rings. The third-order valence-corrected chi connectivity index (χ3v) is 3.35. The van der Waals surface area contributed by atoms with Crippen molar-refractivity contribution in [3.63, 3.8) is 0 Å². The summed E-state index contributed by atoms with van der Waals surface area (Å²) in [5.41, 5.74) is 3.17. The van der Waals surface area contributed by atoms with Crippen LogP contribution in [-0.4, -0.2) is 41.7 Å². The summed E-state index contributed by atoms with van der Waals surface area (Å²) >= 11 is 0. The zero-order chi connectivity index (χ0) is 13.0. The molecule has 1 aromatic carbocycles. The van der Waals surface area contributed by atoms with Gasteiger partial charge in [-0.15, -0.1) is 0 Å². The summed E-state index contributed by atoms with van der Waals surface area (Å²) in [6, 6.07) is 9.58. The number of nitrogens with two attached hydrogens (primary N) is 1. The molecule has 1 fully saturated rings. The predicted octanol–water partition coefficient (Wildman–Crippen LogP) is -0.173. The summed E-state index contributed by atoms with van der Waals surface area (Å²) in [4.78, 5) is 14.0. The summed E-state index contributed by atoms with van der Waals surface area (Å²) in [7, 11) is 0. The van der Waals surface area contributed by atoms with Crippen LogP contribution >= 0.6 is 0 Å². The van der Waals surface area contributed by atoms with Crippen molar-refractivity contribution in [2.45, 2.75) is 18.4 Å². The summed E-state index contributed by atoms with van der Waals surface area (Å²) in [6.07, 6.45) is 0.494. The minimum atomic E-state index is -0.290. The Morgan fingerprint density at radius 3 is 2.78 bits per heavy atom. The number of aliphatic hydroxyl groups is 1. The molecule has 0 bridgehead atoms. The Bertz CT molecular complexity index is 396. The van der Waals surface area contributed by atoms with Crippen molar-refractivity contribution in [2.75, 3.05) is 19.6 Å². The SMILES string of the molecule is NNC(=O)C(CN1CCC(O)C1)c1ccccc1. The maximum Gasteiger partial charge on any atom is 0.242 e. The molecule has 1 aromatic rings. The van der Waals surface area contributed by atoms with Crippen molar-refractivity contribution in [3.05, 3.63) is 35.9 Å². The van der Waals surface area contributed by atoms with E-state index < -0.39 is 0 Å². The fourth-order valence-corrected chi connectivity index (χ4v) is 2.36. The van der Waals surface area contributed by atoms with E-state index in [1.807, 2.05) is 30.3 Å². The van der Waals surface area contributed by atoms with Crippen LogP contribution in [-0.2, 0) is 4.79 Å². The first-order chi connectivity index (χ1) is 8.70. The van der Waals surface area contributed by atoms with Crippen molar-refractivity contribution in [3.8, 4) is 0 Å². The Morgan fingerprint density at radius 1 is 1.50 bits per heavy atom. The minimum absolute atomic E-state index is 0.192. The van der Waals surface area contributed by atoms with Crippen molar-refractivity contribution in [2.24, 2.45) is 5.84 Å². The Kier molecular flexibility index (Phi) is 4.30. The predicted molar refractivity (Wildman–Crippen MR) is 68.6 cm³/mol. The monoisotopic (exact) mass is 249 g/mol. The third kappa shape index (κ3) is 3.07. The standard InChI is InChI=1S/C13H19N3O2/c14-15-13(18)12(10-4-2-1-3-5-10)9-16-7-6-11(17)8-16/h1-5,11-12,17H,6-9,14H2,(H,15,18). The fraction of sp³-hybridized carbons (Fsp3) is 0.462. The number of rotatable bonds is 4. The van der Waals surface area contributed by atoms with Crippen LogP contribution in [0.2, 0.25) is 0 Å². The van der Waals surface area contributed by atoms with Crippen molar-refractivity contribution >= 4 is 5.91 Å². The van der Waals surface area contributed by atoms with Gasteiger partial charge >= 0.3 is 0 Å². The highest BCUT2D eigenvalue weighted by Crippen LogP contribution is 2.20. The van der Waals surface area contributed by atoms with Crippen LogP contribution < -0.4 is 11.3 Å². The molecular formula is C13H19N3O2. The molecular weight excluding hydrogens is 230 g/mol. The number of nitrogens with one attached hydrogen (secondary N) is 1. The van der Waals surface area contributed by atoms with Gasteiger partial charge in [0.1, 0.15) is 0 Å². The first kappa shape index (κ1) is 13.0. The van der Waals surface area contributed by atoms with Gasteiger partial charge in [-0.05, 0) is 12.0 Å². The number of carbonyl (C=O) groups excluding carboxylic acids is 1. The lowest BCUT2D eigenvalue weighted by molar-refractivity contribution is -0.123. The molecule has 0 spiro atoms. The highest BCUT2D eigenvalue weighted by Gasteiger charge is 2.27. The summed E-state index contributed by atoms with van der Waals surface area (Å²) < 4.78 is 0. The number of hydrazine groups is 1. The second-order valence-corrected chi connectivity index (χ2v) is 4.67. The summed E-state index contributed by atoms with van der Waals surface area (Å²) in [5, 5.41) is 9.51. The van der Waals surface area contributed by atoms with Crippen LogP contribution in [0.1, 0.15) is 17.9 Å². The smallest absolute Gasteiger partial charge is 0.242 e. The molecule has 1 saturated heterocycles. The lowest BCUT2D eigenvalue weighted by Crippen LogP contribution is -2.40. The van der Waals surface area contributed by atoms with E-state index in [-0.39, 0.29) is 17.9 Å². The number of carbonyl (C=O) groups is 1. The second kappa shape index (κ2) is 5.95. The number of aliphatic hydroxyl groups excluding tert-OH is 1. The van der Waals surface area contributed by atoms with Gasteiger partial charge in [-0.2, -0.15) is 0 Å². The van der Waals surface area contributed by atoms with Gasteiger partial charge in [-0.3, -0.25) is 15.1 Å². The van der Waals surface area contributed by atoms with Gasteiger partial charge in [-0.1, -0.05) is 30.3 Å². The summed E-state index contributed by atoms with van der Waals surface area (Å²) in [5.74, 6) is 4.76. The normalized spacial score (nSPS) is 21.8. The van der Waals surface area contributed by atoms with Gasteiger partial charge in [-0.25, -0.2) is 5.84 Å². The highest BCUT2D eigenvalue weighted by molar-refractivity contribution is 5.83. The number of likely N-dealkylation sites (tertiary alicyclic amines) is 1. The Hall–Kier alpha value is -1.43. The maximum atomic E-state index is 11.9. The molecule has 1 heterocycles. The van der Waals surface area contributed by atoms with E-state index in [1.165, 1.54) is 0 Å². The topological polar surface area (TPSA) is 78.6 Å². The molecule has 0 aliphatic carbocycles. The molecule has 0 saturated carbocycles. The van der Waals surface area contributed by atoms with Gasteiger partial charge in [0.05, 0.1) is 12.0 Å². The first-order valence-corrected chi connectivity index (χ1v) is 6.16. The van der Waals surface area contributed by atoms with Gasteiger partial charge in [0.2, 0.25) is 5.91 Å². The minimum Gasteiger partial charge on any atom is -0.392 e. The average Bonchev–Trinajstić information content (AvgIpc) is 2.82. The van der Waals surface area contributed by atoms with E-state index in [9.17, 15) is 9.90 Å². The van der Waals surface area contributed by atoms with Gasteiger partial charge in [0.25, 0.3) is 0 Å². The largest absolute Gasteiger partial charge is 0.392 e. The molecule has 18 heavy (non-hydrogen) atoms. The number of benzene rings is 1. The fourth-order valence-electron chi connectivity index (χ4n) is 2.36. The number of β-amino-alcohol motifs (C(OH)–C–C–N with tert-alkyl or cyclic N) is 1. The Morgan fingerprint density at radius 2 is 2.22 bits per heavy atom. The van der Waals surface area contributed by atoms with E-state index in [2.05, 4.69) is 10.3 Å². The molecule has 1 amide bonds. The van der Waals surface area contributed by atoms with Gasteiger partial charge < -0.3 is 5.11 Å². The number of nitrogens with zero attached hydrogens (tertiary/aromatic N) is 1. The molecule has 5 nitrogen and oxygen atoms in total. The molecule has 0 radical (unpaired) electrons. The molecule has 2 unspecified atom stereocenters. The molecule has 2 rings (SSSR count). The van der Waals surface area contributed by atoms with Gasteiger partial charge in [0, 0.05) is 19.6 Å². The highest BCUT2D eigenvalue weighted by atomic mass is 16.3. The first-order valence-electron chi connectivity index (χ1n) is 6.16. The number of hydrogen-bond donors (Lipinski definition) is 3. The molecule has 0 aromatic heterocycles. The van der Waals surface area contributed by atoms with E-state index in [4.69, 9.17) is 5.84 Å². The van der Waals surface area contributed by atoms with Gasteiger partial charge in [0.15, 0.2) is 0 Å². The maximum absolute atomic E-state index is 11.9. The van der Waals surface area contributed by atoms with Crippen LogP contribution in [0.4, 0.5) is 0 Å². The molecule has 4 N–H and O–H groups in total. The van der Waals surface area contributed by atoms with Crippen molar-refractivity contribution < 1.29 is 9.90 Å². The van der Waals surface area contributed by atoms with E-state index in [1.54, 1.807) is 0 Å². The van der Waals surface area contributed by atoms with Crippen molar-refractivity contribution in [1.29, 1.82) is 0 Å². The lowest BCUT2D eigenvalue weighted by atomic mass is 9.98. The lowest BCUT2D eigenvalue weighted by Gasteiger charge is -2.22. The van der Waals surface area contributed by atoms with Crippen LogP contribution in [0.5, 0.6) is 0 Å². The Balaban J connectivity index is 2.09. The quantitative estimate of drug-likeness (QED) is 0.393. The molecule has 2 atom stereocenters. The van der Waals surface area contributed by atoms with Crippen LogP contribution in [0.3, 0.4) is 0 Å². The second-order valence-electron chi connectivity index (χ2n) is 4.67. The zero-order valence-electron chi connectivity index (χ0n) is 10.2. The average molecular weight is 249 g/mol. The third-order valence-electron chi connectivity index (χ3n) is 3.35.